The number of carbonyl (C=O) groups is 1. The predicted octanol–water partition coefficient (Wildman–Crippen LogP) is 3.68. The van der Waals surface area contributed by atoms with Crippen molar-refractivity contribution in [3.05, 3.63) is 35.6 Å². The molecule has 0 radical (unpaired) electrons. The van der Waals surface area contributed by atoms with Crippen molar-refractivity contribution in [3.8, 4) is 5.95 Å². The summed E-state index contributed by atoms with van der Waals surface area (Å²) < 4.78 is 21.6. The summed E-state index contributed by atoms with van der Waals surface area (Å²) in [5.74, 6) is 0.867. The van der Waals surface area contributed by atoms with Gasteiger partial charge in [-0.25, -0.2) is 9.18 Å². The Morgan fingerprint density at radius 3 is 2.94 bits per heavy atom. The van der Waals surface area contributed by atoms with E-state index in [0.717, 1.165) is 50.0 Å². The van der Waals surface area contributed by atoms with Crippen LogP contribution >= 0.6 is 0 Å². The molecule has 2 atom stereocenters. The molecule has 0 spiro atoms. The van der Waals surface area contributed by atoms with Gasteiger partial charge in [-0.05, 0) is 48.9 Å². The Bertz CT molecular complexity index is 1160. The summed E-state index contributed by atoms with van der Waals surface area (Å²) in [6.45, 7) is 7.25. The van der Waals surface area contributed by atoms with Gasteiger partial charge in [0, 0.05) is 37.5 Å². The molecule has 1 amide bonds. The maximum atomic E-state index is 14.6. The van der Waals surface area contributed by atoms with E-state index in [1.807, 2.05) is 19.9 Å². The zero-order valence-corrected chi connectivity index (χ0v) is 18.9. The second-order valence-electron chi connectivity index (χ2n) is 9.47. The van der Waals surface area contributed by atoms with E-state index in [4.69, 9.17) is 4.52 Å². The molecule has 1 N–H and O–H groups in total. The van der Waals surface area contributed by atoms with Gasteiger partial charge in [-0.1, -0.05) is 26.0 Å². The lowest BCUT2D eigenvalue weighted by molar-refractivity contribution is 0.128. The van der Waals surface area contributed by atoms with E-state index < -0.39 is 6.09 Å². The molecule has 176 valence electrons. The van der Waals surface area contributed by atoms with E-state index in [-0.39, 0.29) is 23.7 Å². The molecule has 0 unspecified atom stereocenters. The average Bonchev–Trinajstić information content (AvgIpc) is 3.54. The number of amides is 1. The Balaban J connectivity index is 1.27. The van der Waals surface area contributed by atoms with Crippen molar-refractivity contribution in [1.29, 1.82) is 0 Å². The fourth-order valence-corrected chi connectivity index (χ4v) is 5.20. The van der Waals surface area contributed by atoms with Gasteiger partial charge in [0.1, 0.15) is 11.3 Å². The summed E-state index contributed by atoms with van der Waals surface area (Å²) in [5, 5.41) is 18.8. The highest BCUT2D eigenvalue weighted by Crippen LogP contribution is 2.29. The Labute approximate surface area is 191 Å². The van der Waals surface area contributed by atoms with Crippen LogP contribution in [0.3, 0.4) is 0 Å². The Kier molecular flexibility index (Phi) is 5.77. The lowest BCUT2D eigenvalue weighted by atomic mass is 10.1. The minimum absolute atomic E-state index is 0.0782. The van der Waals surface area contributed by atoms with Crippen LogP contribution in [-0.4, -0.2) is 73.1 Å². The van der Waals surface area contributed by atoms with Crippen LogP contribution in [0.4, 0.5) is 9.18 Å². The highest BCUT2D eigenvalue weighted by Gasteiger charge is 2.33. The molecule has 4 heterocycles. The summed E-state index contributed by atoms with van der Waals surface area (Å²) in [6, 6.07) is 5.04. The molecule has 5 rings (SSSR count). The minimum Gasteiger partial charge on any atom is -0.465 e. The molecule has 0 saturated carbocycles. The van der Waals surface area contributed by atoms with Crippen molar-refractivity contribution in [2.75, 3.05) is 26.2 Å². The van der Waals surface area contributed by atoms with Gasteiger partial charge in [-0.3, -0.25) is 0 Å². The zero-order chi connectivity index (χ0) is 23.1. The number of halogens is 1. The number of likely N-dealkylation sites (tertiary alicyclic amines) is 2. The third kappa shape index (κ3) is 4.19. The molecule has 2 aliphatic heterocycles. The Morgan fingerprint density at radius 2 is 2.15 bits per heavy atom. The van der Waals surface area contributed by atoms with Crippen molar-refractivity contribution >= 4 is 17.0 Å². The largest absolute Gasteiger partial charge is 0.465 e. The van der Waals surface area contributed by atoms with Gasteiger partial charge >= 0.3 is 6.09 Å². The normalized spacial score (nSPS) is 21.6. The molecule has 9 nitrogen and oxygen atoms in total. The van der Waals surface area contributed by atoms with Crippen molar-refractivity contribution in [2.45, 2.75) is 51.5 Å². The molecule has 2 saturated heterocycles. The predicted molar refractivity (Wildman–Crippen MR) is 119 cm³/mol. The Morgan fingerprint density at radius 1 is 1.30 bits per heavy atom. The van der Waals surface area contributed by atoms with Crippen LogP contribution in [0.15, 0.2) is 22.7 Å². The third-order valence-electron chi connectivity index (χ3n) is 6.80. The smallest absolute Gasteiger partial charge is 0.407 e. The molecule has 1 aromatic carbocycles. The molecular weight excluding hydrogens is 427 g/mol. The lowest BCUT2D eigenvalue weighted by Gasteiger charge is -2.26. The maximum Gasteiger partial charge on any atom is 0.407 e. The van der Waals surface area contributed by atoms with Gasteiger partial charge in [-0.2, -0.15) is 14.8 Å². The number of rotatable bonds is 6. The molecular formula is C23H29FN6O3. The van der Waals surface area contributed by atoms with E-state index in [1.54, 1.807) is 11.0 Å². The molecule has 10 heteroatoms. The monoisotopic (exact) mass is 456 g/mol. The van der Waals surface area contributed by atoms with Gasteiger partial charge in [-0.15, -0.1) is 0 Å². The lowest BCUT2D eigenvalue weighted by Crippen LogP contribution is -2.42. The highest BCUT2D eigenvalue weighted by molar-refractivity contribution is 5.84. The molecule has 33 heavy (non-hydrogen) atoms. The quantitative estimate of drug-likeness (QED) is 0.604. The van der Waals surface area contributed by atoms with Crippen LogP contribution in [0, 0.1) is 11.7 Å². The first-order valence-electron chi connectivity index (χ1n) is 11.6. The van der Waals surface area contributed by atoms with E-state index >= 15 is 0 Å². The zero-order valence-electron chi connectivity index (χ0n) is 18.9. The summed E-state index contributed by atoms with van der Waals surface area (Å²) in [6.07, 6.45) is 2.66. The third-order valence-corrected chi connectivity index (χ3v) is 6.80. The van der Waals surface area contributed by atoms with E-state index in [0.29, 0.717) is 30.3 Å². The molecule has 2 aliphatic rings. The van der Waals surface area contributed by atoms with Crippen LogP contribution in [0.1, 0.15) is 50.6 Å². The number of para-hydroxylation sites is 1. The van der Waals surface area contributed by atoms with Crippen molar-refractivity contribution in [3.63, 3.8) is 0 Å². The summed E-state index contributed by atoms with van der Waals surface area (Å²) in [4.78, 5) is 19.8. The number of nitrogens with zero attached hydrogens (tertiary/aromatic N) is 6. The van der Waals surface area contributed by atoms with Gasteiger partial charge in [0.25, 0.3) is 5.95 Å². The van der Waals surface area contributed by atoms with Crippen LogP contribution in [-0.2, 0) is 6.42 Å². The van der Waals surface area contributed by atoms with Crippen molar-refractivity contribution in [2.24, 2.45) is 5.92 Å². The van der Waals surface area contributed by atoms with Crippen molar-refractivity contribution < 1.29 is 18.8 Å². The number of benzene rings is 1. The van der Waals surface area contributed by atoms with Gasteiger partial charge in [0.05, 0.1) is 5.69 Å². The fourth-order valence-electron chi connectivity index (χ4n) is 5.20. The van der Waals surface area contributed by atoms with Crippen LogP contribution in [0.5, 0.6) is 0 Å². The van der Waals surface area contributed by atoms with Crippen LogP contribution in [0.2, 0.25) is 0 Å². The molecule has 2 fully saturated rings. The number of fused-ring (bicyclic) bond motifs is 1. The van der Waals surface area contributed by atoms with E-state index in [9.17, 15) is 14.3 Å². The minimum atomic E-state index is -0.824. The topological polar surface area (TPSA) is 101 Å². The number of hydrogen-bond acceptors (Lipinski definition) is 6. The van der Waals surface area contributed by atoms with Crippen LogP contribution in [0.25, 0.3) is 16.9 Å². The number of carboxylic acid groups (broad SMARTS) is 1. The van der Waals surface area contributed by atoms with Crippen LogP contribution < -0.4 is 0 Å². The van der Waals surface area contributed by atoms with E-state index in [2.05, 4.69) is 20.1 Å². The summed E-state index contributed by atoms with van der Waals surface area (Å²) >= 11 is 0. The highest BCUT2D eigenvalue weighted by atomic mass is 19.1. The second-order valence-corrected chi connectivity index (χ2v) is 9.47. The first-order chi connectivity index (χ1) is 15.9. The SMILES string of the molecule is CC(C)c1nn(-c2noc(C[C@H]3CCN(C[C@@H]4CCCN4C(=O)O)C3)n2)c2c(F)cccc12. The summed E-state index contributed by atoms with van der Waals surface area (Å²) in [5.41, 5.74) is 1.16. The van der Waals surface area contributed by atoms with Gasteiger partial charge in [0.2, 0.25) is 5.89 Å². The number of aromatic nitrogens is 4. The van der Waals surface area contributed by atoms with E-state index in [1.165, 1.54) is 10.7 Å². The first kappa shape index (κ1) is 21.8. The molecule has 3 aromatic rings. The summed E-state index contributed by atoms with van der Waals surface area (Å²) in [7, 11) is 0. The second kappa shape index (κ2) is 8.74. The first-order valence-corrected chi connectivity index (χ1v) is 11.6. The maximum absolute atomic E-state index is 14.6. The van der Waals surface area contributed by atoms with Gasteiger partial charge < -0.3 is 19.4 Å². The standard InChI is InChI=1S/C23H29FN6O3/c1-14(2)20-17-6-3-7-18(24)21(17)30(26-20)22-25-19(33-27-22)11-15-8-10-28(12-15)13-16-5-4-9-29(16)23(31)32/h3,6-7,14-16H,4-5,8-13H2,1-2H3,(H,31,32)/t15-,16+/m1/s1. The fraction of sp³-hybridized carbons (Fsp3) is 0.565. The number of hydrogen-bond donors (Lipinski definition) is 1. The molecule has 2 aromatic heterocycles. The molecule has 0 bridgehead atoms. The van der Waals surface area contributed by atoms with Crippen molar-refractivity contribution in [1.82, 2.24) is 29.7 Å². The average molecular weight is 457 g/mol. The molecule has 0 aliphatic carbocycles. The van der Waals surface area contributed by atoms with Gasteiger partial charge in [0.15, 0.2) is 0 Å². The Hall–Kier alpha value is -3.01.